The van der Waals surface area contributed by atoms with E-state index in [1.807, 2.05) is 0 Å². The summed E-state index contributed by atoms with van der Waals surface area (Å²) in [6, 6.07) is 3.83. The summed E-state index contributed by atoms with van der Waals surface area (Å²) in [5, 5.41) is 14.9. The van der Waals surface area contributed by atoms with Crippen LogP contribution < -0.4 is 10.6 Å². The molecule has 0 saturated carbocycles. The highest BCUT2D eigenvalue weighted by Gasteiger charge is 2.22. The second kappa shape index (κ2) is 7.39. The minimum absolute atomic E-state index is 0.0313. The molecule has 0 heterocycles. The maximum Gasteiger partial charge on any atom is 0.243 e. The third kappa shape index (κ3) is 4.16. The first kappa shape index (κ1) is 17.4. The Balaban J connectivity index is 3.14. The quantitative estimate of drug-likeness (QED) is 0.639. The molecule has 0 atom stereocenters. The highest BCUT2D eigenvalue weighted by atomic mass is 32.2. The van der Waals surface area contributed by atoms with Gasteiger partial charge in [0.2, 0.25) is 15.9 Å². The van der Waals surface area contributed by atoms with Crippen molar-refractivity contribution in [1.29, 1.82) is 0 Å². The number of nitrogens with one attached hydrogen (secondary N) is 2. The molecule has 1 aromatic carbocycles. The van der Waals surface area contributed by atoms with E-state index in [-0.39, 0.29) is 28.8 Å². The molecule has 0 unspecified atom stereocenters. The van der Waals surface area contributed by atoms with Crippen molar-refractivity contribution >= 4 is 21.6 Å². The average molecular weight is 315 g/mol. The molecule has 0 aliphatic rings. The Morgan fingerprint density at radius 3 is 2.43 bits per heavy atom. The molecular formula is C13H21N3O4S. The number of sulfonamides is 1. The van der Waals surface area contributed by atoms with Gasteiger partial charge in [-0.15, -0.1) is 0 Å². The standard InChI is InChI=1S/C13H21N3O4S/c1-4-16(5-2)21(19,20)10-6-7-12(17)11(8-10)15-13(18)9-14-3/h6-8,14,17H,4-5,9H2,1-3H3,(H,15,18). The minimum atomic E-state index is -3.63. The molecule has 7 nitrogen and oxygen atoms in total. The monoisotopic (exact) mass is 315 g/mol. The van der Waals surface area contributed by atoms with Crippen molar-refractivity contribution in [3.8, 4) is 5.75 Å². The van der Waals surface area contributed by atoms with E-state index in [0.717, 1.165) is 0 Å². The topological polar surface area (TPSA) is 98.7 Å². The van der Waals surface area contributed by atoms with Crippen LogP contribution in [0.2, 0.25) is 0 Å². The van der Waals surface area contributed by atoms with Crippen molar-refractivity contribution in [3.63, 3.8) is 0 Å². The molecule has 0 fully saturated rings. The van der Waals surface area contributed by atoms with Crippen LogP contribution in [0.5, 0.6) is 5.75 Å². The fourth-order valence-electron chi connectivity index (χ4n) is 1.84. The van der Waals surface area contributed by atoms with Crippen LogP contribution in [0.3, 0.4) is 0 Å². The van der Waals surface area contributed by atoms with Gasteiger partial charge in [-0.1, -0.05) is 13.8 Å². The van der Waals surface area contributed by atoms with E-state index in [2.05, 4.69) is 10.6 Å². The number of aromatic hydroxyl groups is 1. The first-order valence-electron chi connectivity index (χ1n) is 6.64. The van der Waals surface area contributed by atoms with E-state index in [1.54, 1.807) is 20.9 Å². The van der Waals surface area contributed by atoms with Crippen molar-refractivity contribution in [2.24, 2.45) is 0 Å². The van der Waals surface area contributed by atoms with Gasteiger partial charge >= 0.3 is 0 Å². The molecule has 118 valence electrons. The van der Waals surface area contributed by atoms with Gasteiger partial charge in [-0.25, -0.2) is 8.42 Å². The van der Waals surface area contributed by atoms with Gasteiger partial charge in [-0.2, -0.15) is 4.31 Å². The highest BCUT2D eigenvalue weighted by Crippen LogP contribution is 2.27. The minimum Gasteiger partial charge on any atom is -0.506 e. The Morgan fingerprint density at radius 2 is 1.90 bits per heavy atom. The van der Waals surface area contributed by atoms with Crippen molar-refractivity contribution in [3.05, 3.63) is 18.2 Å². The van der Waals surface area contributed by atoms with Crippen LogP contribution in [-0.4, -0.2) is 50.4 Å². The summed E-state index contributed by atoms with van der Waals surface area (Å²) >= 11 is 0. The van der Waals surface area contributed by atoms with Crippen LogP contribution in [-0.2, 0) is 14.8 Å². The normalized spacial score (nSPS) is 11.6. The summed E-state index contributed by atoms with van der Waals surface area (Å²) in [4.78, 5) is 11.6. The van der Waals surface area contributed by atoms with Crippen LogP contribution in [0, 0.1) is 0 Å². The van der Waals surface area contributed by atoms with Crippen LogP contribution in [0.25, 0.3) is 0 Å². The number of phenolic OH excluding ortho intramolecular Hbond substituents is 1. The Bertz CT molecular complexity index is 597. The van der Waals surface area contributed by atoms with Gasteiger partial charge in [0.15, 0.2) is 0 Å². The van der Waals surface area contributed by atoms with E-state index < -0.39 is 10.0 Å². The van der Waals surface area contributed by atoms with Crippen molar-refractivity contribution in [2.75, 3.05) is 32.0 Å². The Kier molecular flexibility index (Phi) is 6.13. The number of rotatable bonds is 7. The van der Waals surface area contributed by atoms with Crippen LogP contribution in [0.15, 0.2) is 23.1 Å². The molecular weight excluding hydrogens is 294 g/mol. The second-order valence-electron chi connectivity index (χ2n) is 4.35. The maximum absolute atomic E-state index is 12.4. The molecule has 1 aromatic rings. The summed E-state index contributed by atoms with van der Waals surface area (Å²) in [6.45, 7) is 4.25. The first-order chi connectivity index (χ1) is 9.86. The van der Waals surface area contributed by atoms with Gasteiger partial charge in [-0.05, 0) is 25.2 Å². The number of phenols is 1. The fraction of sp³-hybridized carbons (Fsp3) is 0.462. The Hall–Kier alpha value is -1.64. The van der Waals surface area contributed by atoms with E-state index in [1.165, 1.54) is 22.5 Å². The molecule has 1 amide bonds. The summed E-state index contributed by atoms with van der Waals surface area (Å²) < 4.78 is 26.1. The predicted octanol–water partition coefficient (Wildman–Crippen LogP) is 0.581. The Morgan fingerprint density at radius 1 is 1.29 bits per heavy atom. The second-order valence-corrected chi connectivity index (χ2v) is 6.28. The average Bonchev–Trinajstić information content (AvgIpc) is 2.42. The zero-order chi connectivity index (χ0) is 16.0. The Labute approximate surface area is 125 Å². The largest absolute Gasteiger partial charge is 0.506 e. The molecule has 0 spiro atoms. The molecule has 0 saturated heterocycles. The van der Waals surface area contributed by atoms with Gasteiger partial charge in [0.1, 0.15) is 5.75 Å². The molecule has 0 aliphatic heterocycles. The third-order valence-electron chi connectivity index (χ3n) is 2.92. The zero-order valence-corrected chi connectivity index (χ0v) is 13.2. The molecule has 21 heavy (non-hydrogen) atoms. The zero-order valence-electron chi connectivity index (χ0n) is 12.4. The van der Waals surface area contributed by atoms with Crippen molar-refractivity contribution < 1.29 is 18.3 Å². The highest BCUT2D eigenvalue weighted by molar-refractivity contribution is 7.89. The lowest BCUT2D eigenvalue weighted by Gasteiger charge is -2.19. The van der Waals surface area contributed by atoms with E-state index in [4.69, 9.17) is 0 Å². The number of carbonyl (C=O) groups excluding carboxylic acids is 1. The van der Waals surface area contributed by atoms with Crippen molar-refractivity contribution in [2.45, 2.75) is 18.7 Å². The van der Waals surface area contributed by atoms with E-state index in [9.17, 15) is 18.3 Å². The third-order valence-corrected chi connectivity index (χ3v) is 4.97. The lowest BCUT2D eigenvalue weighted by Crippen LogP contribution is -2.30. The fourth-order valence-corrected chi connectivity index (χ4v) is 3.33. The lowest BCUT2D eigenvalue weighted by molar-refractivity contribution is -0.115. The molecule has 0 aliphatic carbocycles. The van der Waals surface area contributed by atoms with Gasteiger partial charge in [0.05, 0.1) is 17.1 Å². The summed E-state index contributed by atoms with van der Waals surface area (Å²) in [6.07, 6.45) is 0. The molecule has 0 aromatic heterocycles. The van der Waals surface area contributed by atoms with Gasteiger partial charge in [-0.3, -0.25) is 4.79 Å². The number of hydrogen-bond donors (Lipinski definition) is 3. The number of carbonyl (C=O) groups is 1. The summed E-state index contributed by atoms with van der Waals surface area (Å²) in [5.41, 5.74) is 0.0727. The van der Waals surface area contributed by atoms with Crippen LogP contribution in [0.1, 0.15) is 13.8 Å². The van der Waals surface area contributed by atoms with E-state index >= 15 is 0 Å². The molecule has 3 N–H and O–H groups in total. The number of anilines is 1. The smallest absolute Gasteiger partial charge is 0.243 e. The molecule has 0 bridgehead atoms. The van der Waals surface area contributed by atoms with Crippen LogP contribution in [0.4, 0.5) is 5.69 Å². The number of likely N-dealkylation sites (N-methyl/N-ethyl adjacent to an activating group) is 1. The molecule has 1 rings (SSSR count). The van der Waals surface area contributed by atoms with Gasteiger partial charge < -0.3 is 15.7 Å². The first-order valence-corrected chi connectivity index (χ1v) is 8.08. The number of hydrogen-bond acceptors (Lipinski definition) is 5. The SMILES string of the molecule is CCN(CC)S(=O)(=O)c1ccc(O)c(NC(=O)CNC)c1. The summed E-state index contributed by atoms with van der Waals surface area (Å²) in [5.74, 6) is -0.553. The lowest BCUT2D eigenvalue weighted by atomic mass is 10.3. The van der Waals surface area contributed by atoms with Gasteiger partial charge in [0.25, 0.3) is 0 Å². The predicted molar refractivity (Wildman–Crippen MR) is 80.8 cm³/mol. The molecule has 8 heteroatoms. The van der Waals surface area contributed by atoms with Crippen LogP contribution >= 0.6 is 0 Å². The summed E-state index contributed by atoms with van der Waals surface area (Å²) in [7, 11) is -2.02. The van der Waals surface area contributed by atoms with E-state index in [0.29, 0.717) is 13.1 Å². The van der Waals surface area contributed by atoms with Crippen molar-refractivity contribution in [1.82, 2.24) is 9.62 Å². The van der Waals surface area contributed by atoms with Gasteiger partial charge in [0, 0.05) is 13.1 Å². The number of amides is 1. The number of nitrogens with zero attached hydrogens (tertiary/aromatic N) is 1. The maximum atomic E-state index is 12.4. The molecule has 0 radical (unpaired) electrons. The number of benzene rings is 1.